The van der Waals surface area contributed by atoms with Gasteiger partial charge in [-0.25, -0.2) is 0 Å². The van der Waals surface area contributed by atoms with Crippen LogP contribution in [0.5, 0.6) is 0 Å². The fraction of sp³-hybridized carbons (Fsp3) is 0.968. The molecule has 3 N–H and O–H groups in total. The fourth-order valence-electron chi connectivity index (χ4n) is 4.89. The summed E-state index contributed by atoms with van der Waals surface area (Å²) in [4.78, 5) is 12.2. The lowest BCUT2D eigenvalue weighted by Crippen LogP contribution is -2.45. The Morgan fingerprint density at radius 1 is 0.571 bits per heavy atom. The summed E-state index contributed by atoms with van der Waals surface area (Å²) in [5.74, 6) is -0.0336. The Balaban J connectivity index is 3.58. The molecule has 0 aromatic carbocycles. The van der Waals surface area contributed by atoms with Gasteiger partial charge in [-0.1, -0.05) is 155 Å². The Morgan fingerprint density at radius 2 is 0.914 bits per heavy atom. The van der Waals surface area contributed by atoms with Gasteiger partial charge in [0.25, 0.3) is 0 Å². The SMILES string of the molecule is CCCCCCCCCCCCCC[C@@H](O)[C@H](CO)NC(=O)CCCCCCCCCCCCC. The minimum atomic E-state index is -0.649. The fourth-order valence-corrected chi connectivity index (χ4v) is 4.89. The third-order valence-corrected chi connectivity index (χ3v) is 7.37. The van der Waals surface area contributed by atoms with Gasteiger partial charge in [-0.05, 0) is 12.8 Å². The van der Waals surface area contributed by atoms with Crippen LogP contribution in [0.2, 0.25) is 0 Å². The van der Waals surface area contributed by atoms with Crippen LogP contribution in [0.15, 0.2) is 0 Å². The third-order valence-electron chi connectivity index (χ3n) is 7.37. The van der Waals surface area contributed by atoms with E-state index < -0.39 is 12.1 Å². The highest BCUT2D eigenvalue weighted by Crippen LogP contribution is 2.15. The van der Waals surface area contributed by atoms with Crippen molar-refractivity contribution in [2.75, 3.05) is 6.61 Å². The van der Waals surface area contributed by atoms with Crippen LogP contribution in [-0.4, -0.2) is 34.9 Å². The summed E-state index contributed by atoms with van der Waals surface area (Å²) < 4.78 is 0. The minimum absolute atomic E-state index is 0.0336. The molecule has 4 heteroatoms. The van der Waals surface area contributed by atoms with Crippen LogP contribution in [-0.2, 0) is 4.79 Å². The quantitative estimate of drug-likeness (QED) is 0.0947. The predicted octanol–water partition coefficient (Wildman–Crippen LogP) is 8.62. The number of aliphatic hydroxyl groups excluding tert-OH is 2. The van der Waals surface area contributed by atoms with E-state index in [0.29, 0.717) is 12.8 Å². The van der Waals surface area contributed by atoms with Gasteiger partial charge in [-0.3, -0.25) is 4.79 Å². The molecule has 0 aromatic rings. The topological polar surface area (TPSA) is 69.6 Å². The lowest BCUT2D eigenvalue weighted by Gasteiger charge is -2.22. The van der Waals surface area contributed by atoms with Crippen LogP contribution >= 0.6 is 0 Å². The molecule has 0 fully saturated rings. The molecule has 0 bridgehead atoms. The van der Waals surface area contributed by atoms with Crippen molar-refractivity contribution in [3.05, 3.63) is 0 Å². The predicted molar refractivity (Wildman–Crippen MR) is 152 cm³/mol. The molecular weight excluding hydrogens is 434 g/mol. The van der Waals surface area contributed by atoms with E-state index in [1.807, 2.05) is 0 Å². The van der Waals surface area contributed by atoms with Crippen LogP contribution in [0.1, 0.15) is 174 Å². The molecule has 1 amide bonds. The van der Waals surface area contributed by atoms with Crippen molar-refractivity contribution < 1.29 is 15.0 Å². The number of aliphatic hydroxyl groups is 2. The molecule has 0 aliphatic rings. The Hall–Kier alpha value is -0.610. The molecule has 0 aliphatic carbocycles. The molecule has 0 aromatic heterocycles. The zero-order chi connectivity index (χ0) is 25.8. The standard InChI is InChI=1S/C31H63NO3/c1-3-5-7-9-11-13-15-17-18-20-22-24-26-30(34)29(28-33)32-31(35)27-25-23-21-19-16-14-12-10-8-6-4-2/h29-30,33-34H,3-28H2,1-2H3,(H,32,35)/t29-,30+/m0/s1. The van der Waals surface area contributed by atoms with Gasteiger partial charge in [-0.15, -0.1) is 0 Å². The van der Waals surface area contributed by atoms with Gasteiger partial charge in [0.2, 0.25) is 5.91 Å². The summed E-state index contributed by atoms with van der Waals surface area (Å²) in [6, 6.07) is -0.525. The number of rotatable bonds is 28. The molecular formula is C31H63NO3. The summed E-state index contributed by atoms with van der Waals surface area (Å²) in [5, 5.41) is 22.9. The zero-order valence-corrected chi connectivity index (χ0v) is 23.8. The summed E-state index contributed by atoms with van der Waals surface area (Å²) in [6.45, 7) is 4.33. The number of hydrogen-bond donors (Lipinski definition) is 3. The van der Waals surface area contributed by atoms with Crippen molar-refractivity contribution in [1.29, 1.82) is 0 Å². The Labute approximate surface area is 219 Å². The first-order chi connectivity index (χ1) is 17.2. The van der Waals surface area contributed by atoms with Gasteiger partial charge < -0.3 is 15.5 Å². The van der Waals surface area contributed by atoms with Gasteiger partial charge in [0.1, 0.15) is 0 Å². The van der Waals surface area contributed by atoms with Crippen molar-refractivity contribution in [3.8, 4) is 0 Å². The Morgan fingerprint density at radius 3 is 1.29 bits per heavy atom. The van der Waals surface area contributed by atoms with Gasteiger partial charge in [-0.2, -0.15) is 0 Å². The van der Waals surface area contributed by atoms with E-state index in [1.165, 1.54) is 122 Å². The average molecular weight is 498 g/mol. The van der Waals surface area contributed by atoms with Gasteiger partial charge in [0.15, 0.2) is 0 Å². The molecule has 0 radical (unpaired) electrons. The molecule has 0 aliphatic heterocycles. The second kappa shape index (κ2) is 28.0. The first-order valence-corrected chi connectivity index (χ1v) is 15.7. The number of hydrogen-bond acceptors (Lipinski definition) is 3. The van der Waals surface area contributed by atoms with Crippen LogP contribution < -0.4 is 5.32 Å². The number of nitrogens with one attached hydrogen (secondary N) is 1. The lowest BCUT2D eigenvalue weighted by molar-refractivity contribution is -0.123. The highest BCUT2D eigenvalue weighted by molar-refractivity contribution is 5.76. The first kappa shape index (κ1) is 34.4. The Bertz CT molecular complexity index is 429. The summed E-state index contributed by atoms with van der Waals surface area (Å²) in [6.07, 6.45) is 30.0. The van der Waals surface area contributed by atoms with Crippen molar-refractivity contribution in [1.82, 2.24) is 5.32 Å². The number of amides is 1. The maximum Gasteiger partial charge on any atom is 0.220 e. The lowest BCUT2D eigenvalue weighted by atomic mass is 10.0. The largest absolute Gasteiger partial charge is 0.394 e. The van der Waals surface area contributed by atoms with Crippen LogP contribution in [0.3, 0.4) is 0 Å². The highest BCUT2D eigenvalue weighted by atomic mass is 16.3. The highest BCUT2D eigenvalue weighted by Gasteiger charge is 2.19. The molecule has 0 saturated carbocycles. The summed E-state index contributed by atoms with van der Waals surface area (Å²) in [7, 11) is 0. The molecule has 0 rings (SSSR count). The van der Waals surface area contributed by atoms with Crippen LogP contribution in [0.25, 0.3) is 0 Å². The average Bonchev–Trinajstić information content (AvgIpc) is 2.86. The second-order valence-corrected chi connectivity index (χ2v) is 10.9. The number of unbranched alkanes of at least 4 members (excludes halogenated alkanes) is 21. The second-order valence-electron chi connectivity index (χ2n) is 10.9. The van der Waals surface area contributed by atoms with E-state index in [1.54, 1.807) is 0 Å². The molecule has 0 saturated heterocycles. The first-order valence-electron chi connectivity index (χ1n) is 15.7. The summed E-state index contributed by atoms with van der Waals surface area (Å²) in [5.41, 5.74) is 0. The molecule has 35 heavy (non-hydrogen) atoms. The van der Waals surface area contributed by atoms with E-state index in [-0.39, 0.29) is 12.5 Å². The molecule has 0 heterocycles. The number of carbonyl (C=O) groups is 1. The maximum absolute atomic E-state index is 12.2. The summed E-state index contributed by atoms with van der Waals surface area (Å²) >= 11 is 0. The zero-order valence-electron chi connectivity index (χ0n) is 23.8. The molecule has 0 spiro atoms. The normalized spacial score (nSPS) is 13.1. The molecule has 0 unspecified atom stereocenters. The Kier molecular flexibility index (Phi) is 27.5. The van der Waals surface area contributed by atoms with Gasteiger partial charge >= 0.3 is 0 Å². The van der Waals surface area contributed by atoms with E-state index >= 15 is 0 Å². The van der Waals surface area contributed by atoms with E-state index in [9.17, 15) is 15.0 Å². The van der Waals surface area contributed by atoms with Gasteiger partial charge in [0.05, 0.1) is 18.8 Å². The molecule has 210 valence electrons. The smallest absolute Gasteiger partial charge is 0.220 e. The van der Waals surface area contributed by atoms with Crippen LogP contribution in [0, 0.1) is 0 Å². The van der Waals surface area contributed by atoms with E-state index in [2.05, 4.69) is 19.2 Å². The molecule has 4 nitrogen and oxygen atoms in total. The third kappa shape index (κ3) is 24.8. The maximum atomic E-state index is 12.2. The van der Waals surface area contributed by atoms with Crippen molar-refractivity contribution >= 4 is 5.91 Å². The minimum Gasteiger partial charge on any atom is -0.394 e. The van der Waals surface area contributed by atoms with E-state index in [4.69, 9.17) is 0 Å². The molecule has 2 atom stereocenters. The monoisotopic (exact) mass is 497 g/mol. The number of carbonyl (C=O) groups excluding carboxylic acids is 1. The van der Waals surface area contributed by atoms with Crippen molar-refractivity contribution in [2.24, 2.45) is 0 Å². The van der Waals surface area contributed by atoms with Crippen molar-refractivity contribution in [3.63, 3.8) is 0 Å². The van der Waals surface area contributed by atoms with Crippen molar-refractivity contribution in [2.45, 2.75) is 187 Å². The van der Waals surface area contributed by atoms with Gasteiger partial charge in [0, 0.05) is 6.42 Å². The van der Waals surface area contributed by atoms with Crippen LogP contribution in [0.4, 0.5) is 0 Å². The van der Waals surface area contributed by atoms with E-state index in [0.717, 1.165) is 25.7 Å².